The fraction of sp³-hybridized carbons (Fsp3) is 0.615. The third kappa shape index (κ3) is 8.82. The predicted octanol–water partition coefficient (Wildman–Crippen LogP) is 2.56. The van der Waals surface area contributed by atoms with Crippen molar-refractivity contribution in [1.29, 1.82) is 0 Å². The number of benzene rings is 1. The van der Waals surface area contributed by atoms with Crippen LogP contribution in [0.15, 0.2) is 30.3 Å². The lowest BCUT2D eigenvalue weighted by atomic mass is 10.1. The van der Waals surface area contributed by atoms with Crippen LogP contribution in [0.1, 0.15) is 53.0 Å². The molecule has 2 heterocycles. The van der Waals surface area contributed by atoms with Crippen LogP contribution in [0, 0.1) is 11.8 Å². The Kier molecular flexibility index (Phi) is 11.2. The first-order valence-electron chi connectivity index (χ1n) is 12.5. The molecule has 0 saturated carbocycles. The number of carbonyl (C=O) groups is 4. The van der Waals surface area contributed by atoms with Crippen LogP contribution in [0.2, 0.25) is 0 Å². The quantitative estimate of drug-likeness (QED) is 0.581. The third-order valence-electron chi connectivity index (χ3n) is 5.47. The number of rotatable bonds is 8. The number of ether oxygens (including phenoxy) is 1. The molecule has 2 fully saturated rings. The van der Waals surface area contributed by atoms with Gasteiger partial charge in [-0.1, -0.05) is 65.0 Å². The Bertz CT molecular complexity index is 889. The summed E-state index contributed by atoms with van der Waals surface area (Å²) < 4.78 is 5.33. The van der Waals surface area contributed by atoms with Crippen LogP contribution in [0.25, 0.3) is 0 Å². The summed E-state index contributed by atoms with van der Waals surface area (Å²) in [5.41, 5.74) is 6.31. The summed E-state index contributed by atoms with van der Waals surface area (Å²) in [6, 6.07) is 9.72. The van der Waals surface area contributed by atoms with E-state index in [1.807, 2.05) is 44.2 Å². The van der Waals surface area contributed by atoms with E-state index in [4.69, 9.17) is 15.3 Å². The molecule has 200 valence electrons. The molecule has 10 nitrogen and oxygen atoms in total. The topological polar surface area (TPSA) is 122 Å². The molecule has 2 aliphatic heterocycles. The summed E-state index contributed by atoms with van der Waals surface area (Å²) >= 11 is 0. The van der Waals surface area contributed by atoms with Crippen LogP contribution in [0.3, 0.4) is 0 Å². The highest BCUT2D eigenvalue weighted by Gasteiger charge is 2.49. The van der Waals surface area contributed by atoms with Crippen molar-refractivity contribution in [2.45, 2.75) is 66.2 Å². The van der Waals surface area contributed by atoms with Gasteiger partial charge in [0.1, 0.15) is 6.54 Å². The molecule has 0 bridgehead atoms. The van der Waals surface area contributed by atoms with E-state index in [2.05, 4.69) is 20.8 Å². The smallest absolute Gasteiger partial charge is 0.436 e. The molecule has 4 amide bonds. The van der Waals surface area contributed by atoms with Gasteiger partial charge < -0.3 is 20.3 Å². The highest BCUT2D eigenvalue weighted by molar-refractivity contribution is 5.92. The Morgan fingerprint density at radius 3 is 2.33 bits per heavy atom. The molecule has 1 aromatic rings. The van der Waals surface area contributed by atoms with Gasteiger partial charge in [-0.2, -0.15) is 5.06 Å². The van der Waals surface area contributed by atoms with Crippen molar-refractivity contribution in [2.75, 3.05) is 26.2 Å². The zero-order chi connectivity index (χ0) is 26.8. The fourth-order valence-electron chi connectivity index (χ4n) is 3.65. The maximum atomic E-state index is 12.8. The van der Waals surface area contributed by atoms with Crippen LogP contribution in [0.4, 0.5) is 4.79 Å². The number of nitrogens with two attached hydrogens (primary N) is 1. The summed E-state index contributed by atoms with van der Waals surface area (Å²) in [5, 5.41) is 0.970. The second kappa shape index (κ2) is 13.8. The molecular formula is C26H40N4O6. The van der Waals surface area contributed by atoms with E-state index >= 15 is 0 Å². The summed E-state index contributed by atoms with van der Waals surface area (Å²) in [5.74, 6) is -0.358. The Hall–Kier alpha value is -3.14. The van der Waals surface area contributed by atoms with Crippen molar-refractivity contribution in [1.82, 2.24) is 14.9 Å². The van der Waals surface area contributed by atoms with E-state index in [1.54, 1.807) is 4.90 Å². The van der Waals surface area contributed by atoms with Crippen LogP contribution in [-0.2, 0) is 30.4 Å². The van der Waals surface area contributed by atoms with Gasteiger partial charge in [0.25, 0.3) is 5.91 Å². The summed E-state index contributed by atoms with van der Waals surface area (Å²) in [4.78, 5) is 58.2. The monoisotopic (exact) mass is 504 g/mol. The fourth-order valence-corrected chi connectivity index (χ4v) is 3.65. The predicted molar refractivity (Wildman–Crippen MR) is 134 cm³/mol. The average Bonchev–Trinajstić information content (AvgIpc) is 2.79. The Morgan fingerprint density at radius 2 is 1.75 bits per heavy atom. The number of amides is 4. The summed E-state index contributed by atoms with van der Waals surface area (Å²) in [6.45, 7) is 11.0. The molecular weight excluding hydrogens is 464 g/mol. The molecule has 2 unspecified atom stereocenters. The van der Waals surface area contributed by atoms with Crippen LogP contribution >= 0.6 is 0 Å². The summed E-state index contributed by atoms with van der Waals surface area (Å²) in [6.07, 6.45) is -1.98. The molecule has 0 radical (unpaired) electrons. The molecule has 2 aliphatic rings. The SMILES string of the molecule is CC(C)C.CC(C)CCOC(=O)N1OC(CC(N)=O)C(=O)N2CC(=O)N(CCc3ccccc3)CC21. The number of nitrogens with zero attached hydrogens (tertiary/aromatic N) is 3. The maximum absolute atomic E-state index is 12.8. The Labute approximate surface area is 213 Å². The van der Waals surface area contributed by atoms with E-state index in [-0.39, 0.29) is 25.6 Å². The van der Waals surface area contributed by atoms with Gasteiger partial charge in [0.15, 0.2) is 12.3 Å². The van der Waals surface area contributed by atoms with Crippen molar-refractivity contribution in [3.63, 3.8) is 0 Å². The number of primary amides is 1. The first-order chi connectivity index (χ1) is 17.0. The van der Waals surface area contributed by atoms with E-state index < -0.39 is 36.6 Å². The van der Waals surface area contributed by atoms with Crippen molar-refractivity contribution in [3.05, 3.63) is 35.9 Å². The minimum atomic E-state index is -1.27. The lowest BCUT2D eigenvalue weighted by Gasteiger charge is -2.49. The molecule has 0 aliphatic carbocycles. The van der Waals surface area contributed by atoms with Gasteiger partial charge in [-0.25, -0.2) is 4.79 Å². The minimum absolute atomic E-state index is 0.0833. The van der Waals surface area contributed by atoms with Crippen molar-refractivity contribution in [2.24, 2.45) is 17.6 Å². The minimum Gasteiger partial charge on any atom is -0.448 e. The first-order valence-corrected chi connectivity index (χ1v) is 12.5. The number of fused-ring (bicyclic) bond motifs is 1. The number of carbonyl (C=O) groups excluding carboxylic acids is 4. The van der Waals surface area contributed by atoms with Gasteiger partial charge in [0.05, 0.1) is 19.6 Å². The van der Waals surface area contributed by atoms with Gasteiger partial charge in [-0.3, -0.25) is 19.2 Å². The van der Waals surface area contributed by atoms with Gasteiger partial charge >= 0.3 is 6.09 Å². The second-order valence-electron chi connectivity index (χ2n) is 10.1. The molecule has 1 aromatic carbocycles. The second-order valence-corrected chi connectivity index (χ2v) is 10.1. The average molecular weight is 505 g/mol. The van der Waals surface area contributed by atoms with Crippen LogP contribution in [-0.4, -0.2) is 77.2 Å². The molecule has 0 aromatic heterocycles. The van der Waals surface area contributed by atoms with Crippen LogP contribution in [0.5, 0.6) is 0 Å². The Balaban J connectivity index is 0.00000106. The number of hydrogen-bond donors (Lipinski definition) is 1. The summed E-state index contributed by atoms with van der Waals surface area (Å²) in [7, 11) is 0. The zero-order valence-corrected chi connectivity index (χ0v) is 22.0. The normalized spacial score (nSPS) is 19.7. The molecule has 2 saturated heterocycles. The third-order valence-corrected chi connectivity index (χ3v) is 5.47. The maximum Gasteiger partial charge on any atom is 0.436 e. The lowest BCUT2D eigenvalue weighted by Crippen LogP contribution is -2.70. The number of hydroxylamine groups is 2. The van der Waals surface area contributed by atoms with Crippen molar-refractivity contribution >= 4 is 23.8 Å². The first kappa shape index (κ1) is 29.1. The largest absolute Gasteiger partial charge is 0.448 e. The molecule has 10 heteroatoms. The van der Waals surface area contributed by atoms with Crippen LogP contribution < -0.4 is 5.73 Å². The molecule has 36 heavy (non-hydrogen) atoms. The van der Waals surface area contributed by atoms with E-state index in [1.165, 1.54) is 4.90 Å². The van der Waals surface area contributed by atoms with Crippen molar-refractivity contribution < 1.29 is 28.8 Å². The number of hydrogen-bond acceptors (Lipinski definition) is 6. The molecule has 2 atom stereocenters. The molecule has 2 N–H and O–H groups in total. The van der Waals surface area contributed by atoms with Gasteiger partial charge in [-0.15, -0.1) is 0 Å². The van der Waals surface area contributed by atoms with E-state index in [0.29, 0.717) is 25.3 Å². The standard InChI is InChI=1S/C22H30N4O6.C4H10/c1-15(2)9-11-31-22(30)26-19-13-24(10-8-16-6-4-3-5-7-16)20(28)14-25(19)21(29)17(32-26)12-18(23)27;1-4(2)3/h3-7,15,17,19H,8-14H2,1-2H3,(H2,23,27);4H,1-3H3. The molecule has 3 rings (SSSR count). The van der Waals surface area contributed by atoms with Gasteiger partial charge in [0.2, 0.25) is 11.8 Å². The molecule has 0 spiro atoms. The van der Waals surface area contributed by atoms with Gasteiger partial charge in [0, 0.05) is 6.54 Å². The highest BCUT2D eigenvalue weighted by Crippen LogP contribution is 2.26. The highest BCUT2D eigenvalue weighted by atomic mass is 16.7. The van der Waals surface area contributed by atoms with E-state index in [9.17, 15) is 19.2 Å². The lowest BCUT2D eigenvalue weighted by molar-refractivity contribution is -0.260. The Morgan fingerprint density at radius 1 is 1.11 bits per heavy atom. The van der Waals surface area contributed by atoms with E-state index in [0.717, 1.165) is 16.5 Å². The van der Waals surface area contributed by atoms with Crippen molar-refractivity contribution in [3.8, 4) is 0 Å². The zero-order valence-electron chi connectivity index (χ0n) is 22.0. The number of piperazine rings is 1. The van der Waals surface area contributed by atoms with Gasteiger partial charge in [-0.05, 0) is 30.2 Å².